The number of nitrogen functional groups attached to an aromatic ring is 1. The Labute approximate surface area is 133 Å². The average molecular weight is 307 g/mol. The summed E-state index contributed by atoms with van der Waals surface area (Å²) in [7, 11) is 0. The summed E-state index contributed by atoms with van der Waals surface area (Å²) in [6, 6.07) is 6.08. The number of aromatic nitrogens is 3. The fourth-order valence-electron chi connectivity index (χ4n) is 3.38. The molecular weight excluding hydrogens is 290 g/mol. The fraction of sp³-hybridized carbons (Fsp3) is 0.294. The van der Waals surface area contributed by atoms with Crippen molar-refractivity contribution < 1.29 is 4.74 Å². The molecule has 0 amide bonds. The first kappa shape index (κ1) is 12.8. The van der Waals surface area contributed by atoms with Crippen LogP contribution >= 0.6 is 0 Å². The number of anilines is 2. The molecule has 1 aliphatic carbocycles. The molecule has 0 radical (unpaired) electrons. The van der Waals surface area contributed by atoms with Crippen molar-refractivity contribution in [1.82, 2.24) is 14.4 Å². The van der Waals surface area contributed by atoms with Gasteiger partial charge in [-0.2, -0.15) is 0 Å². The van der Waals surface area contributed by atoms with E-state index in [4.69, 9.17) is 15.5 Å². The number of nitrogens with zero attached hydrogens (tertiary/aromatic N) is 3. The summed E-state index contributed by atoms with van der Waals surface area (Å²) in [5.41, 5.74) is 9.99. The van der Waals surface area contributed by atoms with Crippen LogP contribution in [0.3, 0.4) is 0 Å². The van der Waals surface area contributed by atoms with Gasteiger partial charge in [-0.15, -0.1) is 0 Å². The Morgan fingerprint density at radius 1 is 1.30 bits per heavy atom. The minimum Gasteiger partial charge on any atom is -0.471 e. The van der Waals surface area contributed by atoms with Gasteiger partial charge < -0.3 is 15.8 Å². The lowest BCUT2D eigenvalue weighted by molar-refractivity contribution is 0.372. The molecule has 6 nitrogen and oxygen atoms in total. The monoisotopic (exact) mass is 307 g/mol. The van der Waals surface area contributed by atoms with Gasteiger partial charge in [-0.05, 0) is 31.0 Å². The van der Waals surface area contributed by atoms with Gasteiger partial charge in [0.15, 0.2) is 6.73 Å². The van der Waals surface area contributed by atoms with Gasteiger partial charge in [-0.3, -0.25) is 4.40 Å². The molecule has 0 unspecified atom stereocenters. The molecule has 3 aromatic rings. The molecule has 1 aliphatic heterocycles. The van der Waals surface area contributed by atoms with Crippen molar-refractivity contribution in [2.24, 2.45) is 0 Å². The Morgan fingerprint density at radius 2 is 2.22 bits per heavy atom. The van der Waals surface area contributed by atoms with E-state index >= 15 is 0 Å². The van der Waals surface area contributed by atoms with Gasteiger partial charge in [0.1, 0.15) is 28.6 Å². The maximum atomic E-state index is 6.17. The SMILES string of the molecule is Nc1nccn2c(C3CCC3)nc(-c3ccc4c(c3)NCO4)c12. The number of hydrogen-bond donors (Lipinski definition) is 2. The van der Waals surface area contributed by atoms with Gasteiger partial charge in [0.25, 0.3) is 0 Å². The average Bonchev–Trinajstić information content (AvgIpc) is 3.10. The van der Waals surface area contributed by atoms with E-state index in [-0.39, 0.29) is 0 Å². The van der Waals surface area contributed by atoms with Crippen LogP contribution in [0.4, 0.5) is 11.5 Å². The zero-order valence-corrected chi connectivity index (χ0v) is 12.6. The van der Waals surface area contributed by atoms with Crippen LogP contribution in [0, 0.1) is 0 Å². The van der Waals surface area contributed by atoms with E-state index in [9.17, 15) is 0 Å². The molecule has 0 atom stereocenters. The predicted octanol–water partition coefficient (Wildman–Crippen LogP) is 3.01. The molecule has 116 valence electrons. The van der Waals surface area contributed by atoms with Crippen molar-refractivity contribution in [2.45, 2.75) is 25.2 Å². The Hall–Kier alpha value is -2.76. The summed E-state index contributed by atoms with van der Waals surface area (Å²) < 4.78 is 7.61. The van der Waals surface area contributed by atoms with Crippen molar-refractivity contribution in [3.05, 3.63) is 36.4 Å². The lowest BCUT2D eigenvalue weighted by Gasteiger charge is -2.23. The summed E-state index contributed by atoms with van der Waals surface area (Å²) in [4.78, 5) is 9.20. The molecule has 0 spiro atoms. The zero-order valence-electron chi connectivity index (χ0n) is 12.6. The minimum atomic E-state index is 0.514. The second-order valence-electron chi connectivity index (χ2n) is 6.15. The molecule has 1 aromatic carbocycles. The van der Waals surface area contributed by atoms with Gasteiger partial charge in [0.05, 0.1) is 5.69 Å². The second-order valence-corrected chi connectivity index (χ2v) is 6.15. The maximum absolute atomic E-state index is 6.17. The van der Waals surface area contributed by atoms with Gasteiger partial charge in [-0.1, -0.05) is 6.42 Å². The lowest BCUT2D eigenvalue weighted by atomic mass is 9.85. The van der Waals surface area contributed by atoms with Crippen molar-refractivity contribution in [1.29, 1.82) is 0 Å². The molecule has 0 saturated heterocycles. The van der Waals surface area contributed by atoms with Crippen LogP contribution in [0.15, 0.2) is 30.6 Å². The molecule has 3 N–H and O–H groups in total. The predicted molar refractivity (Wildman–Crippen MR) is 88.5 cm³/mol. The molecule has 2 aliphatic rings. The smallest absolute Gasteiger partial charge is 0.159 e. The van der Waals surface area contributed by atoms with Gasteiger partial charge in [0, 0.05) is 23.9 Å². The quantitative estimate of drug-likeness (QED) is 0.761. The topological polar surface area (TPSA) is 77.5 Å². The number of benzene rings is 1. The third kappa shape index (κ3) is 1.81. The highest BCUT2D eigenvalue weighted by atomic mass is 16.5. The molecule has 2 aromatic heterocycles. The van der Waals surface area contributed by atoms with Gasteiger partial charge in [-0.25, -0.2) is 9.97 Å². The maximum Gasteiger partial charge on any atom is 0.159 e. The van der Waals surface area contributed by atoms with E-state index in [2.05, 4.69) is 20.8 Å². The normalized spacial score (nSPS) is 16.7. The first-order valence-electron chi connectivity index (χ1n) is 7.95. The van der Waals surface area contributed by atoms with Crippen LogP contribution in [0.25, 0.3) is 16.8 Å². The number of ether oxygens (including phenoxy) is 1. The zero-order chi connectivity index (χ0) is 15.4. The van der Waals surface area contributed by atoms with Crippen LogP contribution in [0.1, 0.15) is 31.0 Å². The van der Waals surface area contributed by atoms with E-state index < -0.39 is 0 Å². The Bertz CT molecular complexity index is 913. The Balaban J connectivity index is 1.74. The molecule has 1 saturated carbocycles. The van der Waals surface area contributed by atoms with Crippen LogP contribution in [-0.2, 0) is 0 Å². The van der Waals surface area contributed by atoms with Crippen LogP contribution in [-0.4, -0.2) is 21.1 Å². The second kappa shape index (κ2) is 4.62. The summed E-state index contributed by atoms with van der Waals surface area (Å²) in [5, 5.41) is 3.22. The highest BCUT2D eigenvalue weighted by Gasteiger charge is 2.27. The molecule has 6 heteroatoms. The highest BCUT2D eigenvalue weighted by molar-refractivity contribution is 5.87. The molecule has 3 heterocycles. The molecule has 1 fully saturated rings. The summed E-state index contributed by atoms with van der Waals surface area (Å²) in [6.45, 7) is 0.514. The standard InChI is InChI=1S/C17H17N5O/c18-16-15-14(11-4-5-13-12(8-11)20-9-23-13)21-17(10-2-1-3-10)22(15)7-6-19-16/h4-8,10,20H,1-3,9H2,(H2,18,19). The lowest BCUT2D eigenvalue weighted by Crippen LogP contribution is -2.12. The van der Waals surface area contributed by atoms with E-state index in [1.165, 1.54) is 19.3 Å². The van der Waals surface area contributed by atoms with E-state index in [1.54, 1.807) is 6.20 Å². The molecular formula is C17H17N5O. The number of imidazole rings is 1. The number of nitrogens with one attached hydrogen (secondary N) is 1. The van der Waals surface area contributed by atoms with Crippen LogP contribution < -0.4 is 15.8 Å². The molecule has 0 bridgehead atoms. The fourth-order valence-corrected chi connectivity index (χ4v) is 3.38. The van der Waals surface area contributed by atoms with Crippen molar-refractivity contribution in [3.8, 4) is 17.0 Å². The minimum absolute atomic E-state index is 0.514. The van der Waals surface area contributed by atoms with E-state index in [0.717, 1.165) is 34.0 Å². The number of fused-ring (bicyclic) bond motifs is 2. The Kier molecular flexibility index (Phi) is 2.56. The third-order valence-corrected chi connectivity index (χ3v) is 4.82. The summed E-state index contributed by atoms with van der Waals surface area (Å²) in [6.07, 6.45) is 7.37. The van der Waals surface area contributed by atoms with Gasteiger partial charge >= 0.3 is 0 Å². The highest BCUT2D eigenvalue weighted by Crippen LogP contribution is 2.40. The van der Waals surface area contributed by atoms with E-state index in [1.807, 2.05) is 18.3 Å². The van der Waals surface area contributed by atoms with Crippen LogP contribution in [0.5, 0.6) is 5.75 Å². The number of hydrogen-bond acceptors (Lipinski definition) is 5. The first-order valence-corrected chi connectivity index (χ1v) is 7.95. The van der Waals surface area contributed by atoms with Gasteiger partial charge in [0.2, 0.25) is 0 Å². The Morgan fingerprint density at radius 3 is 3.04 bits per heavy atom. The molecule has 5 rings (SSSR count). The number of nitrogens with two attached hydrogens (primary N) is 1. The van der Waals surface area contributed by atoms with E-state index in [0.29, 0.717) is 18.5 Å². The third-order valence-electron chi connectivity index (χ3n) is 4.82. The van der Waals surface area contributed by atoms with Crippen molar-refractivity contribution in [3.63, 3.8) is 0 Å². The molecule has 23 heavy (non-hydrogen) atoms. The van der Waals surface area contributed by atoms with Crippen molar-refractivity contribution >= 4 is 17.0 Å². The number of rotatable bonds is 2. The van der Waals surface area contributed by atoms with Crippen molar-refractivity contribution in [2.75, 3.05) is 17.8 Å². The first-order chi connectivity index (χ1) is 11.3. The van der Waals surface area contributed by atoms with Crippen LogP contribution in [0.2, 0.25) is 0 Å². The largest absolute Gasteiger partial charge is 0.471 e. The summed E-state index contributed by atoms with van der Waals surface area (Å²) >= 11 is 0. The summed E-state index contributed by atoms with van der Waals surface area (Å²) in [5.74, 6) is 3.02.